The quantitative estimate of drug-likeness (QED) is 0.209. The molecule has 0 bridgehead atoms. The number of carbonyl (C=O) groups is 3. The highest BCUT2D eigenvalue weighted by Gasteiger charge is 2.28. The van der Waals surface area contributed by atoms with E-state index >= 15 is 0 Å². The summed E-state index contributed by atoms with van der Waals surface area (Å²) in [6.45, 7) is 0.449. The molecule has 2 aromatic heterocycles. The summed E-state index contributed by atoms with van der Waals surface area (Å²) in [6, 6.07) is 19.7. The Hall–Kier alpha value is -4.48. The molecule has 0 unspecified atom stereocenters. The van der Waals surface area contributed by atoms with E-state index in [9.17, 15) is 19.5 Å². The molecule has 42 heavy (non-hydrogen) atoms. The van der Waals surface area contributed by atoms with Gasteiger partial charge in [0.25, 0.3) is 5.91 Å². The van der Waals surface area contributed by atoms with Crippen LogP contribution in [0.15, 0.2) is 77.5 Å². The number of ether oxygens (including phenoxy) is 2. The monoisotopic (exact) mass is 588 g/mol. The SMILES string of the molecule is O=C(Cn1nc(C(=O)O)cc1C(=O)Nc1ccccc1OCc1ccsc1)N[C@H]1CCCC[C@@H]1OCc1ccccc1. The Balaban J connectivity index is 1.25. The molecule has 3 N–H and O–H groups in total. The number of hydrogen-bond acceptors (Lipinski definition) is 7. The van der Waals surface area contributed by atoms with Gasteiger partial charge in [-0.2, -0.15) is 16.4 Å². The molecule has 5 rings (SSSR count). The van der Waals surface area contributed by atoms with Gasteiger partial charge < -0.3 is 25.2 Å². The van der Waals surface area contributed by atoms with Crippen molar-refractivity contribution in [1.29, 1.82) is 0 Å². The second kappa shape index (κ2) is 13.9. The minimum atomic E-state index is -1.30. The van der Waals surface area contributed by atoms with Crippen LogP contribution in [0.25, 0.3) is 0 Å². The van der Waals surface area contributed by atoms with Crippen LogP contribution in [-0.2, 0) is 29.3 Å². The van der Waals surface area contributed by atoms with Crippen LogP contribution in [0.1, 0.15) is 57.8 Å². The standard InChI is InChI=1S/C31H32N4O6S/c36-29(32-23-10-4-6-12-27(23)40-18-21-8-2-1-3-9-21)17-35-26(16-25(34-35)31(38)39)30(37)33-24-11-5-7-13-28(24)41-19-22-14-15-42-20-22/h1-3,5,7-9,11,13-16,20,23,27H,4,6,10,12,17-19H2,(H,32,36)(H,33,37)(H,38,39)/t23-,27-/m0/s1. The van der Waals surface area contributed by atoms with Gasteiger partial charge in [0, 0.05) is 6.07 Å². The predicted molar refractivity (Wildman–Crippen MR) is 158 cm³/mol. The van der Waals surface area contributed by atoms with E-state index in [0.29, 0.717) is 24.7 Å². The lowest BCUT2D eigenvalue weighted by molar-refractivity contribution is -0.124. The first kappa shape index (κ1) is 29.0. The minimum Gasteiger partial charge on any atom is -0.487 e. The second-order valence-electron chi connectivity index (χ2n) is 10.0. The number of carboxylic acid groups (broad SMARTS) is 1. The summed E-state index contributed by atoms with van der Waals surface area (Å²) < 4.78 is 13.2. The summed E-state index contributed by atoms with van der Waals surface area (Å²) in [5, 5.41) is 23.3. The van der Waals surface area contributed by atoms with Crippen molar-refractivity contribution in [1.82, 2.24) is 15.1 Å². The van der Waals surface area contributed by atoms with Gasteiger partial charge in [0.05, 0.1) is 24.4 Å². The van der Waals surface area contributed by atoms with Gasteiger partial charge in [0.2, 0.25) is 5.91 Å². The Labute approximate surface area is 247 Å². The minimum absolute atomic E-state index is 0.0595. The van der Waals surface area contributed by atoms with Gasteiger partial charge in [-0.1, -0.05) is 55.3 Å². The molecule has 0 radical (unpaired) electrons. The van der Waals surface area contributed by atoms with Crippen LogP contribution >= 0.6 is 11.3 Å². The van der Waals surface area contributed by atoms with Crippen LogP contribution in [0.3, 0.4) is 0 Å². The van der Waals surface area contributed by atoms with Gasteiger partial charge in [-0.25, -0.2) is 9.48 Å². The zero-order valence-corrected chi connectivity index (χ0v) is 23.7. The number of nitrogens with zero attached hydrogens (tertiary/aromatic N) is 2. The number of carbonyl (C=O) groups excluding carboxylic acids is 2. The summed E-state index contributed by atoms with van der Waals surface area (Å²) in [5.41, 5.74) is 2.07. The van der Waals surface area contributed by atoms with Gasteiger partial charge in [0.15, 0.2) is 5.69 Å². The van der Waals surface area contributed by atoms with E-state index in [1.165, 1.54) is 0 Å². The number of hydrogen-bond donors (Lipinski definition) is 3. The van der Waals surface area contributed by atoms with Crippen LogP contribution in [0, 0.1) is 0 Å². The third-order valence-electron chi connectivity index (χ3n) is 6.99. The molecular formula is C31H32N4O6S. The largest absolute Gasteiger partial charge is 0.487 e. The van der Waals surface area contributed by atoms with Crippen LogP contribution in [0.4, 0.5) is 5.69 Å². The first-order valence-electron chi connectivity index (χ1n) is 13.8. The van der Waals surface area contributed by atoms with Crippen molar-refractivity contribution in [3.05, 3.63) is 100 Å². The predicted octanol–water partition coefficient (Wildman–Crippen LogP) is 5.12. The molecule has 4 aromatic rings. The first-order chi connectivity index (χ1) is 20.5. The Kier molecular flexibility index (Phi) is 9.62. The van der Waals surface area contributed by atoms with Crippen molar-refractivity contribution >= 4 is 34.8 Å². The summed E-state index contributed by atoms with van der Waals surface area (Å²) in [4.78, 5) is 38.2. The zero-order chi connectivity index (χ0) is 29.3. The van der Waals surface area contributed by atoms with E-state index in [2.05, 4.69) is 15.7 Å². The van der Waals surface area contributed by atoms with Crippen LogP contribution < -0.4 is 15.4 Å². The molecule has 1 fully saturated rings. The molecule has 0 spiro atoms. The van der Waals surface area contributed by atoms with Crippen molar-refractivity contribution in [2.75, 3.05) is 5.32 Å². The highest BCUT2D eigenvalue weighted by atomic mass is 32.1. The van der Waals surface area contributed by atoms with E-state index in [-0.39, 0.29) is 36.0 Å². The van der Waals surface area contributed by atoms with Gasteiger partial charge in [-0.15, -0.1) is 0 Å². The fourth-order valence-corrected chi connectivity index (χ4v) is 5.52. The lowest BCUT2D eigenvalue weighted by Gasteiger charge is -2.32. The molecule has 10 nitrogen and oxygen atoms in total. The van der Waals surface area contributed by atoms with Crippen LogP contribution in [0.2, 0.25) is 0 Å². The molecule has 11 heteroatoms. The van der Waals surface area contributed by atoms with E-state index < -0.39 is 11.9 Å². The first-order valence-corrected chi connectivity index (χ1v) is 14.7. The average Bonchev–Trinajstić information content (AvgIpc) is 3.67. The lowest BCUT2D eigenvalue weighted by atomic mass is 9.92. The van der Waals surface area contributed by atoms with Crippen LogP contribution in [0.5, 0.6) is 5.75 Å². The number of aromatic carboxylic acids is 1. The topological polar surface area (TPSA) is 132 Å². The van der Waals surface area contributed by atoms with Crippen LogP contribution in [-0.4, -0.2) is 44.8 Å². The molecule has 0 saturated heterocycles. The summed E-state index contributed by atoms with van der Waals surface area (Å²) in [5.74, 6) is -1.84. The van der Waals surface area contributed by atoms with Gasteiger partial charge in [-0.3, -0.25) is 9.59 Å². The smallest absolute Gasteiger partial charge is 0.356 e. The number of carboxylic acids is 1. The number of benzene rings is 2. The third kappa shape index (κ3) is 7.62. The molecule has 1 aliphatic rings. The van der Waals surface area contributed by atoms with Crippen molar-refractivity contribution in [3.63, 3.8) is 0 Å². The molecule has 1 aliphatic carbocycles. The maximum Gasteiger partial charge on any atom is 0.356 e. The molecule has 2 amide bonds. The fourth-order valence-electron chi connectivity index (χ4n) is 4.87. The molecule has 2 atom stereocenters. The molecule has 0 aliphatic heterocycles. The number of thiophene rings is 1. The highest BCUT2D eigenvalue weighted by Crippen LogP contribution is 2.26. The Bertz CT molecular complexity index is 1500. The summed E-state index contributed by atoms with van der Waals surface area (Å²) in [6.07, 6.45) is 3.41. The number of amides is 2. The third-order valence-corrected chi connectivity index (χ3v) is 7.72. The molecule has 2 heterocycles. The van der Waals surface area contributed by atoms with Crippen molar-refractivity contribution in [2.24, 2.45) is 0 Å². The van der Waals surface area contributed by atoms with E-state index in [1.54, 1.807) is 35.6 Å². The Morgan fingerprint density at radius 3 is 2.55 bits per heavy atom. The maximum absolute atomic E-state index is 13.3. The lowest BCUT2D eigenvalue weighted by Crippen LogP contribution is -2.47. The maximum atomic E-state index is 13.3. The van der Waals surface area contributed by atoms with E-state index in [1.807, 2.05) is 47.2 Å². The molecule has 2 aromatic carbocycles. The Morgan fingerprint density at radius 1 is 0.976 bits per heavy atom. The van der Waals surface area contributed by atoms with Crippen molar-refractivity contribution in [2.45, 2.75) is 57.6 Å². The van der Waals surface area contributed by atoms with E-state index in [4.69, 9.17) is 9.47 Å². The number of para-hydroxylation sites is 2. The fraction of sp³-hybridized carbons (Fsp3) is 0.290. The number of aromatic nitrogens is 2. The average molecular weight is 589 g/mol. The number of nitrogens with one attached hydrogen (secondary N) is 2. The molecular weight excluding hydrogens is 556 g/mol. The summed E-state index contributed by atoms with van der Waals surface area (Å²) in [7, 11) is 0. The van der Waals surface area contributed by atoms with Gasteiger partial charge in [0.1, 0.15) is 24.6 Å². The summed E-state index contributed by atoms with van der Waals surface area (Å²) >= 11 is 1.56. The normalized spacial score (nSPS) is 16.5. The highest BCUT2D eigenvalue weighted by molar-refractivity contribution is 7.07. The van der Waals surface area contributed by atoms with E-state index in [0.717, 1.165) is 47.6 Å². The number of anilines is 1. The van der Waals surface area contributed by atoms with Gasteiger partial charge in [-0.05, 0) is 52.9 Å². The van der Waals surface area contributed by atoms with Crippen molar-refractivity contribution in [3.8, 4) is 5.75 Å². The van der Waals surface area contributed by atoms with Crippen molar-refractivity contribution < 1.29 is 29.0 Å². The molecule has 1 saturated carbocycles. The zero-order valence-electron chi connectivity index (χ0n) is 22.9. The van der Waals surface area contributed by atoms with Gasteiger partial charge >= 0.3 is 5.97 Å². The Morgan fingerprint density at radius 2 is 1.76 bits per heavy atom. The molecule has 218 valence electrons. The second-order valence-corrected chi connectivity index (χ2v) is 10.8. The number of rotatable bonds is 12.